The Kier molecular flexibility index (Phi) is 6.02. The molecule has 21 heavy (non-hydrogen) atoms. The van der Waals surface area contributed by atoms with Gasteiger partial charge in [0, 0.05) is 13.3 Å². The first-order valence-corrected chi connectivity index (χ1v) is 6.82. The first-order valence-electron chi connectivity index (χ1n) is 6.82. The molecule has 0 saturated carbocycles. The molecule has 0 aliphatic carbocycles. The van der Waals surface area contributed by atoms with Gasteiger partial charge in [0.05, 0.1) is 6.10 Å². The number of hydrogen-bond donors (Lipinski definition) is 3. The van der Waals surface area contributed by atoms with Crippen LogP contribution < -0.4 is 10.1 Å². The van der Waals surface area contributed by atoms with Gasteiger partial charge in [-0.2, -0.15) is 0 Å². The number of amides is 1. The van der Waals surface area contributed by atoms with Crippen molar-refractivity contribution in [3.8, 4) is 11.5 Å². The molecule has 1 amide bonds. The number of anilines is 1. The Bertz CT molecular complexity index is 525. The highest BCUT2D eigenvalue weighted by molar-refractivity contribution is 5.92. The molecule has 3 N–H and O–H groups in total. The molecule has 6 heteroatoms. The van der Waals surface area contributed by atoms with E-state index < -0.39 is 5.97 Å². The van der Waals surface area contributed by atoms with Gasteiger partial charge in [-0.1, -0.05) is 6.07 Å². The lowest BCUT2D eigenvalue weighted by Gasteiger charge is -2.17. The Hall–Kier alpha value is -2.24. The minimum absolute atomic E-state index is 0.0269. The van der Waals surface area contributed by atoms with Gasteiger partial charge in [-0.15, -0.1) is 0 Å². The summed E-state index contributed by atoms with van der Waals surface area (Å²) in [6.07, 6.45) is 0.744. The molecule has 116 valence electrons. The zero-order valence-electron chi connectivity index (χ0n) is 12.5. The van der Waals surface area contributed by atoms with Crippen molar-refractivity contribution in [2.24, 2.45) is 0 Å². The lowest BCUT2D eigenvalue weighted by atomic mass is 10.1. The number of phenols is 1. The number of carboxylic acid groups (broad SMARTS) is 1. The second kappa shape index (κ2) is 7.52. The summed E-state index contributed by atoms with van der Waals surface area (Å²) < 4.78 is 5.56. The van der Waals surface area contributed by atoms with Crippen LogP contribution in [-0.4, -0.2) is 28.2 Å². The first kappa shape index (κ1) is 16.8. The third-order valence-corrected chi connectivity index (χ3v) is 2.72. The van der Waals surface area contributed by atoms with Gasteiger partial charge < -0.3 is 20.3 Å². The molecular formula is C15H21NO5. The fourth-order valence-electron chi connectivity index (χ4n) is 1.90. The highest BCUT2D eigenvalue weighted by Gasteiger charge is 2.16. The van der Waals surface area contributed by atoms with Crippen molar-refractivity contribution in [2.75, 3.05) is 5.32 Å². The van der Waals surface area contributed by atoms with Gasteiger partial charge in [-0.3, -0.25) is 9.59 Å². The molecular weight excluding hydrogens is 274 g/mol. The molecule has 0 aliphatic heterocycles. The maximum absolute atomic E-state index is 11.3. The maximum atomic E-state index is 11.3. The molecule has 0 saturated heterocycles. The highest BCUT2D eigenvalue weighted by atomic mass is 16.5. The molecule has 0 spiro atoms. The maximum Gasteiger partial charge on any atom is 0.303 e. The van der Waals surface area contributed by atoms with Crippen LogP contribution in [-0.2, 0) is 16.0 Å². The normalized spacial score (nSPS) is 10.5. The van der Waals surface area contributed by atoms with E-state index in [-0.39, 0.29) is 29.9 Å². The van der Waals surface area contributed by atoms with E-state index in [4.69, 9.17) is 9.84 Å². The predicted molar refractivity (Wildman–Crippen MR) is 78.7 cm³/mol. The van der Waals surface area contributed by atoms with Crippen LogP contribution in [0.3, 0.4) is 0 Å². The van der Waals surface area contributed by atoms with E-state index in [0.29, 0.717) is 24.2 Å². The molecule has 0 bridgehead atoms. The van der Waals surface area contributed by atoms with E-state index in [9.17, 15) is 14.7 Å². The summed E-state index contributed by atoms with van der Waals surface area (Å²) in [4.78, 5) is 21.8. The number of carbonyl (C=O) groups excluding carboxylic acids is 1. The summed E-state index contributed by atoms with van der Waals surface area (Å²) in [5, 5.41) is 21.4. The van der Waals surface area contributed by atoms with Crippen molar-refractivity contribution in [3.05, 3.63) is 17.7 Å². The van der Waals surface area contributed by atoms with E-state index in [1.165, 1.54) is 6.92 Å². The Morgan fingerprint density at radius 2 is 2.00 bits per heavy atom. The van der Waals surface area contributed by atoms with Crippen molar-refractivity contribution in [2.45, 2.75) is 46.1 Å². The molecule has 0 unspecified atom stereocenters. The van der Waals surface area contributed by atoms with Gasteiger partial charge >= 0.3 is 5.97 Å². The summed E-state index contributed by atoms with van der Waals surface area (Å²) in [5.74, 6) is -0.883. The number of carbonyl (C=O) groups is 2. The fraction of sp³-hybridized carbons (Fsp3) is 0.467. The van der Waals surface area contributed by atoms with Gasteiger partial charge in [-0.25, -0.2) is 0 Å². The number of aryl methyl sites for hydroxylation is 1. The van der Waals surface area contributed by atoms with E-state index in [1.807, 2.05) is 13.8 Å². The fourth-order valence-corrected chi connectivity index (χ4v) is 1.90. The Labute approximate surface area is 123 Å². The molecule has 0 aliphatic rings. The molecule has 1 aromatic carbocycles. The third kappa shape index (κ3) is 5.33. The lowest BCUT2D eigenvalue weighted by Crippen LogP contribution is -2.12. The number of benzene rings is 1. The second-order valence-corrected chi connectivity index (χ2v) is 5.04. The van der Waals surface area contributed by atoms with Crippen molar-refractivity contribution in [1.82, 2.24) is 0 Å². The quantitative estimate of drug-likeness (QED) is 0.672. The molecule has 0 atom stereocenters. The standard InChI is InChI=1S/C15H21NO5/c1-9(2)21-12-8-7-11(5-4-6-13(18)19)15(20)14(12)16-10(3)17/h7-9,20H,4-6H2,1-3H3,(H,16,17)(H,18,19). The van der Waals surface area contributed by atoms with E-state index in [0.717, 1.165) is 0 Å². The Morgan fingerprint density at radius 3 is 2.52 bits per heavy atom. The van der Waals surface area contributed by atoms with Gasteiger partial charge in [0.2, 0.25) is 5.91 Å². The molecule has 0 heterocycles. The minimum Gasteiger partial charge on any atom is -0.505 e. The van der Waals surface area contributed by atoms with Crippen molar-refractivity contribution in [3.63, 3.8) is 0 Å². The number of aliphatic carboxylic acids is 1. The van der Waals surface area contributed by atoms with Crippen molar-refractivity contribution in [1.29, 1.82) is 0 Å². The summed E-state index contributed by atoms with van der Waals surface area (Å²) in [6, 6.07) is 3.35. The summed E-state index contributed by atoms with van der Waals surface area (Å²) in [7, 11) is 0. The van der Waals surface area contributed by atoms with Crippen LogP contribution in [0.4, 0.5) is 5.69 Å². The number of nitrogens with one attached hydrogen (secondary N) is 1. The zero-order chi connectivity index (χ0) is 16.0. The monoisotopic (exact) mass is 295 g/mol. The van der Waals surface area contributed by atoms with Gasteiger partial charge in [0.15, 0.2) is 0 Å². The summed E-state index contributed by atoms with van der Waals surface area (Å²) in [6.45, 7) is 5.03. The Morgan fingerprint density at radius 1 is 1.33 bits per heavy atom. The molecule has 0 aromatic heterocycles. The van der Waals surface area contributed by atoms with Gasteiger partial charge in [0.25, 0.3) is 0 Å². The van der Waals surface area contributed by atoms with Crippen LogP contribution in [0.5, 0.6) is 11.5 Å². The van der Waals surface area contributed by atoms with Crippen LogP contribution in [0.25, 0.3) is 0 Å². The molecule has 0 radical (unpaired) electrons. The number of ether oxygens (including phenoxy) is 1. The smallest absolute Gasteiger partial charge is 0.303 e. The van der Waals surface area contributed by atoms with Crippen LogP contribution in [0.15, 0.2) is 12.1 Å². The summed E-state index contributed by atoms with van der Waals surface area (Å²) >= 11 is 0. The zero-order valence-corrected chi connectivity index (χ0v) is 12.5. The average Bonchev–Trinajstić information content (AvgIpc) is 2.35. The predicted octanol–water partition coefficient (Wildman–Crippen LogP) is 2.55. The van der Waals surface area contributed by atoms with E-state index in [2.05, 4.69) is 5.32 Å². The SMILES string of the molecule is CC(=O)Nc1c(OC(C)C)ccc(CCCC(=O)O)c1O. The topological polar surface area (TPSA) is 95.9 Å². The van der Waals surface area contributed by atoms with Gasteiger partial charge in [0.1, 0.15) is 17.2 Å². The molecule has 1 aromatic rings. The Balaban J connectivity index is 3.01. The number of aromatic hydroxyl groups is 1. The van der Waals surface area contributed by atoms with E-state index in [1.54, 1.807) is 12.1 Å². The van der Waals surface area contributed by atoms with Gasteiger partial charge in [-0.05, 0) is 38.3 Å². The first-order chi connectivity index (χ1) is 9.81. The van der Waals surface area contributed by atoms with Crippen molar-refractivity contribution < 1.29 is 24.5 Å². The lowest BCUT2D eigenvalue weighted by molar-refractivity contribution is -0.137. The molecule has 6 nitrogen and oxygen atoms in total. The highest BCUT2D eigenvalue weighted by Crippen LogP contribution is 2.38. The summed E-state index contributed by atoms with van der Waals surface area (Å²) in [5.41, 5.74) is 0.806. The van der Waals surface area contributed by atoms with Crippen LogP contribution in [0.1, 0.15) is 39.2 Å². The minimum atomic E-state index is -0.878. The van der Waals surface area contributed by atoms with E-state index >= 15 is 0 Å². The van der Waals surface area contributed by atoms with Crippen LogP contribution >= 0.6 is 0 Å². The number of hydrogen-bond acceptors (Lipinski definition) is 4. The second-order valence-electron chi connectivity index (χ2n) is 5.04. The molecule has 1 rings (SSSR count). The third-order valence-electron chi connectivity index (χ3n) is 2.72. The average molecular weight is 295 g/mol. The van der Waals surface area contributed by atoms with Crippen LogP contribution in [0, 0.1) is 0 Å². The number of rotatable bonds is 7. The largest absolute Gasteiger partial charge is 0.505 e. The van der Waals surface area contributed by atoms with Crippen molar-refractivity contribution >= 4 is 17.6 Å². The number of phenolic OH excluding ortho intramolecular Hbond substituents is 1. The van der Waals surface area contributed by atoms with Crippen LogP contribution in [0.2, 0.25) is 0 Å². The number of carboxylic acids is 1. The molecule has 0 fully saturated rings.